The SMILES string of the molecule is COc1ccc(Nc2nc(C)nc3ccn(C)c23)cc1. The summed E-state index contributed by atoms with van der Waals surface area (Å²) >= 11 is 0. The van der Waals surface area contributed by atoms with Crippen molar-refractivity contribution in [1.82, 2.24) is 14.5 Å². The van der Waals surface area contributed by atoms with E-state index in [2.05, 4.69) is 15.3 Å². The van der Waals surface area contributed by atoms with Gasteiger partial charge in [-0.25, -0.2) is 9.97 Å². The molecule has 0 unspecified atom stereocenters. The van der Waals surface area contributed by atoms with Crippen molar-refractivity contribution in [1.29, 1.82) is 0 Å². The molecule has 0 atom stereocenters. The van der Waals surface area contributed by atoms with Gasteiger partial charge in [0.25, 0.3) is 0 Å². The van der Waals surface area contributed by atoms with E-state index in [-0.39, 0.29) is 0 Å². The second-order valence-electron chi connectivity index (χ2n) is 4.63. The van der Waals surface area contributed by atoms with Crippen molar-refractivity contribution in [2.75, 3.05) is 12.4 Å². The molecule has 2 heterocycles. The Morgan fingerprint density at radius 1 is 1.10 bits per heavy atom. The Kier molecular flexibility index (Phi) is 3.02. The predicted molar refractivity (Wildman–Crippen MR) is 79.5 cm³/mol. The van der Waals surface area contributed by atoms with E-state index in [4.69, 9.17) is 4.74 Å². The topological polar surface area (TPSA) is 52.0 Å². The van der Waals surface area contributed by atoms with Crippen LogP contribution >= 0.6 is 0 Å². The number of methoxy groups -OCH3 is 1. The number of nitrogens with one attached hydrogen (secondary N) is 1. The minimum atomic E-state index is 0.750. The summed E-state index contributed by atoms with van der Waals surface area (Å²) in [6, 6.07) is 9.75. The summed E-state index contributed by atoms with van der Waals surface area (Å²) in [5.74, 6) is 2.39. The Balaban J connectivity index is 2.02. The third-order valence-corrected chi connectivity index (χ3v) is 3.18. The standard InChI is InChI=1S/C15H16N4O/c1-10-16-13-8-9-19(2)14(13)15(17-10)18-11-4-6-12(20-3)7-5-11/h4-9H,1-3H3,(H,16,17,18). The van der Waals surface area contributed by atoms with Crippen molar-refractivity contribution in [3.8, 4) is 5.75 Å². The number of fused-ring (bicyclic) bond motifs is 1. The molecule has 0 radical (unpaired) electrons. The maximum Gasteiger partial charge on any atom is 0.158 e. The molecule has 2 aromatic heterocycles. The van der Waals surface area contributed by atoms with Crippen LogP contribution in [-0.2, 0) is 7.05 Å². The lowest BCUT2D eigenvalue weighted by atomic mass is 10.3. The molecule has 3 rings (SSSR count). The highest BCUT2D eigenvalue weighted by atomic mass is 16.5. The van der Waals surface area contributed by atoms with Gasteiger partial charge in [-0.3, -0.25) is 0 Å². The van der Waals surface area contributed by atoms with E-state index < -0.39 is 0 Å². The molecule has 0 aliphatic carbocycles. The first-order chi connectivity index (χ1) is 9.67. The van der Waals surface area contributed by atoms with Crippen LogP contribution in [0, 0.1) is 6.92 Å². The van der Waals surface area contributed by atoms with Crippen molar-refractivity contribution in [2.24, 2.45) is 7.05 Å². The van der Waals surface area contributed by atoms with Gasteiger partial charge in [-0.2, -0.15) is 0 Å². The summed E-state index contributed by atoms with van der Waals surface area (Å²) in [5, 5.41) is 3.34. The van der Waals surface area contributed by atoms with Gasteiger partial charge < -0.3 is 14.6 Å². The van der Waals surface area contributed by atoms with Crippen LogP contribution in [0.4, 0.5) is 11.5 Å². The van der Waals surface area contributed by atoms with Crippen LogP contribution in [0.25, 0.3) is 11.0 Å². The molecular weight excluding hydrogens is 252 g/mol. The van der Waals surface area contributed by atoms with Crippen molar-refractivity contribution < 1.29 is 4.74 Å². The quantitative estimate of drug-likeness (QED) is 0.793. The normalized spacial score (nSPS) is 10.8. The van der Waals surface area contributed by atoms with Gasteiger partial charge in [-0.15, -0.1) is 0 Å². The molecule has 3 aromatic rings. The molecule has 20 heavy (non-hydrogen) atoms. The van der Waals surface area contributed by atoms with Gasteiger partial charge in [-0.05, 0) is 37.3 Å². The molecule has 0 spiro atoms. The van der Waals surface area contributed by atoms with Gasteiger partial charge >= 0.3 is 0 Å². The fourth-order valence-electron chi connectivity index (χ4n) is 2.21. The Morgan fingerprint density at radius 3 is 2.55 bits per heavy atom. The van der Waals surface area contributed by atoms with Crippen LogP contribution < -0.4 is 10.1 Å². The number of hydrogen-bond donors (Lipinski definition) is 1. The number of aryl methyl sites for hydroxylation is 2. The zero-order chi connectivity index (χ0) is 14.1. The third kappa shape index (κ3) is 2.18. The number of aromatic nitrogens is 3. The monoisotopic (exact) mass is 268 g/mol. The smallest absolute Gasteiger partial charge is 0.158 e. The number of anilines is 2. The summed E-state index contributed by atoms with van der Waals surface area (Å²) in [7, 11) is 3.64. The molecule has 0 saturated carbocycles. The lowest BCUT2D eigenvalue weighted by Gasteiger charge is -2.10. The molecule has 0 saturated heterocycles. The van der Waals surface area contributed by atoms with Crippen molar-refractivity contribution in [3.05, 3.63) is 42.4 Å². The molecule has 1 N–H and O–H groups in total. The molecule has 0 aliphatic rings. The number of benzene rings is 1. The van der Waals surface area contributed by atoms with Gasteiger partial charge in [-0.1, -0.05) is 0 Å². The minimum absolute atomic E-state index is 0.750. The highest BCUT2D eigenvalue weighted by Gasteiger charge is 2.09. The van der Waals surface area contributed by atoms with Crippen LogP contribution in [0.5, 0.6) is 5.75 Å². The lowest BCUT2D eigenvalue weighted by molar-refractivity contribution is 0.415. The lowest BCUT2D eigenvalue weighted by Crippen LogP contribution is -2.00. The highest BCUT2D eigenvalue weighted by Crippen LogP contribution is 2.25. The number of rotatable bonds is 3. The second-order valence-corrected chi connectivity index (χ2v) is 4.63. The maximum absolute atomic E-state index is 5.16. The van der Waals surface area contributed by atoms with Gasteiger partial charge in [0.15, 0.2) is 5.82 Å². The first-order valence-electron chi connectivity index (χ1n) is 6.38. The van der Waals surface area contributed by atoms with Crippen LogP contribution in [0.15, 0.2) is 36.5 Å². The van der Waals surface area contributed by atoms with E-state index >= 15 is 0 Å². The first kappa shape index (κ1) is 12.5. The second kappa shape index (κ2) is 4.85. The largest absolute Gasteiger partial charge is 0.497 e. The van der Waals surface area contributed by atoms with Gasteiger partial charge in [0.05, 0.1) is 12.6 Å². The zero-order valence-corrected chi connectivity index (χ0v) is 11.7. The molecular formula is C15H16N4O. The van der Waals surface area contributed by atoms with E-state index in [1.54, 1.807) is 7.11 Å². The summed E-state index contributed by atoms with van der Waals surface area (Å²) in [6.07, 6.45) is 1.98. The van der Waals surface area contributed by atoms with Crippen LogP contribution in [-0.4, -0.2) is 21.6 Å². The zero-order valence-electron chi connectivity index (χ0n) is 11.7. The summed E-state index contributed by atoms with van der Waals surface area (Å²) in [5.41, 5.74) is 2.90. The van der Waals surface area contributed by atoms with Crippen LogP contribution in [0.3, 0.4) is 0 Å². The molecule has 102 valence electrons. The van der Waals surface area contributed by atoms with E-state index in [9.17, 15) is 0 Å². The Hall–Kier alpha value is -2.56. The van der Waals surface area contributed by atoms with Crippen LogP contribution in [0.2, 0.25) is 0 Å². The number of ether oxygens (including phenoxy) is 1. The molecule has 5 heteroatoms. The fourth-order valence-corrected chi connectivity index (χ4v) is 2.21. The molecule has 0 fully saturated rings. The highest BCUT2D eigenvalue weighted by molar-refractivity contribution is 5.88. The van der Waals surface area contributed by atoms with Crippen molar-refractivity contribution in [3.63, 3.8) is 0 Å². The molecule has 0 amide bonds. The summed E-state index contributed by atoms with van der Waals surface area (Å²) in [4.78, 5) is 8.93. The fraction of sp³-hybridized carbons (Fsp3) is 0.200. The first-order valence-corrected chi connectivity index (χ1v) is 6.38. The summed E-state index contributed by atoms with van der Waals surface area (Å²) in [6.45, 7) is 1.89. The molecule has 1 aromatic carbocycles. The molecule has 0 bridgehead atoms. The average Bonchev–Trinajstić information content (AvgIpc) is 2.81. The molecule has 0 aliphatic heterocycles. The van der Waals surface area contributed by atoms with Crippen LogP contribution in [0.1, 0.15) is 5.82 Å². The number of nitrogens with zero attached hydrogens (tertiary/aromatic N) is 3. The molecule has 5 nitrogen and oxygen atoms in total. The van der Waals surface area contributed by atoms with E-state index in [0.717, 1.165) is 34.1 Å². The van der Waals surface area contributed by atoms with Gasteiger partial charge in [0.1, 0.15) is 17.1 Å². The Morgan fingerprint density at radius 2 is 1.85 bits per heavy atom. The maximum atomic E-state index is 5.16. The Bertz CT molecular complexity index is 746. The predicted octanol–water partition coefficient (Wildman–Crippen LogP) is 3.03. The minimum Gasteiger partial charge on any atom is -0.497 e. The summed E-state index contributed by atoms with van der Waals surface area (Å²) < 4.78 is 7.17. The van der Waals surface area contributed by atoms with Gasteiger partial charge in [0, 0.05) is 18.9 Å². The van der Waals surface area contributed by atoms with Crippen molar-refractivity contribution in [2.45, 2.75) is 6.92 Å². The third-order valence-electron chi connectivity index (χ3n) is 3.18. The van der Waals surface area contributed by atoms with E-state index in [1.165, 1.54) is 0 Å². The average molecular weight is 268 g/mol. The van der Waals surface area contributed by atoms with Crippen molar-refractivity contribution >= 4 is 22.5 Å². The van der Waals surface area contributed by atoms with E-state index in [0.29, 0.717) is 0 Å². The van der Waals surface area contributed by atoms with Gasteiger partial charge in [0.2, 0.25) is 0 Å². The van der Waals surface area contributed by atoms with E-state index in [1.807, 2.05) is 55.1 Å². The number of hydrogen-bond acceptors (Lipinski definition) is 4. The Labute approximate surface area is 117 Å².